The normalized spacial score (nSPS) is 14.9. The van der Waals surface area contributed by atoms with Crippen LogP contribution in [0.5, 0.6) is 0 Å². The van der Waals surface area contributed by atoms with Crippen LogP contribution in [-0.2, 0) is 4.74 Å². The number of anilines is 3. The Bertz CT molecular complexity index is 922. The Morgan fingerprint density at radius 3 is 2.66 bits per heavy atom. The van der Waals surface area contributed by atoms with Crippen LogP contribution in [0.2, 0.25) is 0 Å². The van der Waals surface area contributed by atoms with Gasteiger partial charge in [-0.15, -0.1) is 5.10 Å². The van der Waals surface area contributed by atoms with Gasteiger partial charge in [0.05, 0.1) is 5.69 Å². The molecule has 1 fully saturated rings. The third kappa shape index (κ3) is 4.95. The number of aryl methyl sites for hydroxylation is 1. The second-order valence-corrected chi connectivity index (χ2v) is 7.74. The Kier molecular flexibility index (Phi) is 6.10. The molecule has 2 aromatic carbocycles. The van der Waals surface area contributed by atoms with Gasteiger partial charge in [-0.25, -0.2) is 4.68 Å². The highest BCUT2D eigenvalue weighted by Crippen LogP contribution is 2.29. The molecule has 0 bridgehead atoms. The van der Waals surface area contributed by atoms with Gasteiger partial charge < -0.3 is 15.0 Å². The van der Waals surface area contributed by atoms with E-state index in [0.717, 1.165) is 37.0 Å². The SMILES string of the molecule is COCCC1CCN(c2cc(C)cc(Nc3ncn(-c4ccccc4)n3)c2)CC1.[HH]. The number of hydrogen-bond donors (Lipinski definition) is 1. The molecular weight excluding hydrogens is 362 g/mol. The lowest BCUT2D eigenvalue weighted by molar-refractivity contribution is 0.170. The van der Waals surface area contributed by atoms with E-state index in [1.807, 2.05) is 30.3 Å². The van der Waals surface area contributed by atoms with Crippen LogP contribution in [0.25, 0.3) is 5.69 Å². The number of nitrogens with one attached hydrogen (secondary N) is 1. The number of ether oxygens (including phenoxy) is 1. The number of hydrogen-bond acceptors (Lipinski definition) is 5. The summed E-state index contributed by atoms with van der Waals surface area (Å²) < 4.78 is 7.02. The van der Waals surface area contributed by atoms with Crippen LogP contribution in [0, 0.1) is 12.8 Å². The van der Waals surface area contributed by atoms with Crippen molar-refractivity contribution in [1.82, 2.24) is 14.8 Å². The number of piperidine rings is 1. The summed E-state index contributed by atoms with van der Waals surface area (Å²) in [5, 5.41) is 7.92. The van der Waals surface area contributed by atoms with Crippen molar-refractivity contribution in [1.29, 1.82) is 0 Å². The van der Waals surface area contributed by atoms with Crippen LogP contribution in [0.4, 0.5) is 17.3 Å². The van der Waals surface area contributed by atoms with Gasteiger partial charge in [-0.1, -0.05) is 18.2 Å². The topological polar surface area (TPSA) is 55.2 Å². The predicted octanol–water partition coefficient (Wildman–Crippen LogP) is 4.82. The van der Waals surface area contributed by atoms with E-state index in [9.17, 15) is 0 Å². The van der Waals surface area contributed by atoms with Crippen molar-refractivity contribution in [2.24, 2.45) is 5.92 Å². The van der Waals surface area contributed by atoms with Crippen molar-refractivity contribution < 1.29 is 6.16 Å². The average molecular weight is 394 g/mol. The standard InChI is InChI=1S/C23H29N5O.H2/c1-18-14-20(25-23-24-17-28(26-23)21-6-4-3-5-7-21)16-22(15-18)27-11-8-19(9-12-27)10-13-29-2;/h3-7,14-17,19H,8-13H2,1-2H3,(H,25,26);1H. The van der Waals surface area contributed by atoms with Gasteiger partial charge in [0.25, 0.3) is 0 Å². The lowest BCUT2D eigenvalue weighted by Crippen LogP contribution is -2.34. The molecule has 6 heteroatoms. The zero-order chi connectivity index (χ0) is 20.1. The molecular formula is C23H31N5O. The minimum absolute atomic E-state index is 0. The van der Waals surface area contributed by atoms with Gasteiger partial charge >= 0.3 is 0 Å². The minimum Gasteiger partial charge on any atom is -0.385 e. The smallest absolute Gasteiger partial charge is 0.246 e. The first kappa shape index (κ1) is 19.5. The number of methoxy groups -OCH3 is 1. The zero-order valence-electron chi connectivity index (χ0n) is 17.2. The molecule has 0 atom stereocenters. The fourth-order valence-electron chi connectivity index (χ4n) is 3.94. The Balaban J connectivity index is 0.00000256. The van der Waals surface area contributed by atoms with Crippen molar-refractivity contribution in [2.45, 2.75) is 26.2 Å². The van der Waals surface area contributed by atoms with Crippen LogP contribution >= 0.6 is 0 Å². The van der Waals surface area contributed by atoms with E-state index >= 15 is 0 Å². The Labute approximate surface area is 174 Å². The molecule has 4 rings (SSSR count). The second-order valence-electron chi connectivity index (χ2n) is 7.74. The maximum Gasteiger partial charge on any atom is 0.246 e. The summed E-state index contributed by atoms with van der Waals surface area (Å²) in [4.78, 5) is 6.90. The summed E-state index contributed by atoms with van der Waals surface area (Å²) in [7, 11) is 1.79. The number of benzene rings is 2. The van der Waals surface area contributed by atoms with E-state index in [1.165, 1.54) is 30.5 Å². The average Bonchev–Trinajstić information content (AvgIpc) is 3.21. The first-order valence-corrected chi connectivity index (χ1v) is 10.3. The van der Waals surface area contributed by atoms with Gasteiger partial charge in [-0.3, -0.25) is 0 Å². The van der Waals surface area contributed by atoms with Gasteiger partial charge in [0.15, 0.2) is 0 Å². The second kappa shape index (κ2) is 9.09. The largest absolute Gasteiger partial charge is 0.385 e. The van der Waals surface area contributed by atoms with Crippen molar-refractivity contribution >= 4 is 17.3 Å². The number of aromatic nitrogens is 3. The van der Waals surface area contributed by atoms with E-state index in [-0.39, 0.29) is 1.43 Å². The quantitative estimate of drug-likeness (QED) is 0.624. The van der Waals surface area contributed by atoms with Gasteiger partial charge in [0.2, 0.25) is 5.95 Å². The third-order valence-electron chi connectivity index (χ3n) is 5.54. The van der Waals surface area contributed by atoms with E-state index in [4.69, 9.17) is 4.74 Å². The fourth-order valence-corrected chi connectivity index (χ4v) is 3.94. The molecule has 1 saturated heterocycles. The highest BCUT2D eigenvalue weighted by atomic mass is 16.5. The number of nitrogens with zero attached hydrogens (tertiary/aromatic N) is 4. The first-order chi connectivity index (χ1) is 14.2. The molecule has 0 saturated carbocycles. The van der Waals surface area contributed by atoms with E-state index in [2.05, 4.69) is 45.4 Å². The van der Waals surface area contributed by atoms with Crippen LogP contribution in [0.15, 0.2) is 54.9 Å². The molecule has 1 N–H and O–H groups in total. The fraction of sp³-hybridized carbons (Fsp3) is 0.391. The molecule has 0 radical (unpaired) electrons. The van der Waals surface area contributed by atoms with Gasteiger partial charge in [0.1, 0.15) is 6.33 Å². The lowest BCUT2D eigenvalue weighted by atomic mass is 9.93. The molecule has 1 aliphatic rings. The van der Waals surface area contributed by atoms with Gasteiger partial charge in [0, 0.05) is 39.6 Å². The molecule has 1 aromatic heterocycles. The summed E-state index contributed by atoms with van der Waals surface area (Å²) in [5.41, 5.74) is 4.51. The maximum absolute atomic E-state index is 5.24. The van der Waals surface area contributed by atoms with Gasteiger partial charge in [-0.2, -0.15) is 4.98 Å². The van der Waals surface area contributed by atoms with Gasteiger partial charge in [-0.05, 0) is 68.0 Å². The van der Waals surface area contributed by atoms with Crippen LogP contribution in [0.3, 0.4) is 0 Å². The molecule has 6 nitrogen and oxygen atoms in total. The van der Waals surface area contributed by atoms with Crippen molar-refractivity contribution in [2.75, 3.05) is 37.0 Å². The summed E-state index contributed by atoms with van der Waals surface area (Å²) in [5.74, 6) is 1.38. The van der Waals surface area contributed by atoms with Crippen molar-refractivity contribution in [3.63, 3.8) is 0 Å². The molecule has 0 spiro atoms. The summed E-state index contributed by atoms with van der Waals surface area (Å²) in [6.45, 7) is 5.19. The van der Waals surface area contributed by atoms with E-state index < -0.39 is 0 Å². The number of para-hydroxylation sites is 1. The molecule has 2 heterocycles. The predicted molar refractivity (Wildman–Crippen MR) is 119 cm³/mol. The van der Waals surface area contributed by atoms with Crippen molar-refractivity contribution in [3.8, 4) is 5.69 Å². The third-order valence-corrected chi connectivity index (χ3v) is 5.54. The highest BCUT2D eigenvalue weighted by molar-refractivity contribution is 5.64. The highest BCUT2D eigenvalue weighted by Gasteiger charge is 2.19. The molecule has 154 valence electrons. The summed E-state index contributed by atoms with van der Waals surface area (Å²) >= 11 is 0. The Morgan fingerprint density at radius 2 is 1.90 bits per heavy atom. The zero-order valence-corrected chi connectivity index (χ0v) is 17.2. The molecule has 1 aliphatic heterocycles. The molecule has 0 unspecified atom stereocenters. The maximum atomic E-state index is 5.24. The monoisotopic (exact) mass is 393 g/mol. The van der Waals surface area contributed by atoms with Crippen LogP contribution in [-0.4, -0.2) is 41.6 Å². The summed E-state index contributed by atoms with van der Waals surface area (Å²) in [6.07, 6.45) is 5.35. The van der Waals surface area contributed by atoms with Crippen molar-refractivity contribution in [3.05, 3.63) is 60.4 Å². The molecule has 0 aliphatic carbocycles. The molecule has 3 aromatic rings. The Morgan fingerprint density at radius 1 is 1.10 bits per heavy atom. The Hall–Kier alpha value is -2.86. The van der Waals surface area contributed by atoms with Crippen LogP contribution in [0.1, 0.15) is 26.3 Å². The lowest BCUT2D eigenvalue weighted by Gasteiger charge is -2.34. The summed E-state index contributed by atoms with van der Waals surface area (Å²) in [6, 6.07) is 16.6. The number of rotatable bonds is 7. The molecule has 29 heavy (non-hydrogen) atoms. The van der Waals surface area contributed by atoms with E-state index in [1.54, 1.807) is 18.1 Å². The first-order valence-electron chi connectivity index (χ1n) is 10.3. The van der Waals surface area contributed by atoms with Crippen LogP contribution < -0.4 is 10.2 Å². The minimum atomic E-state index is 0. The molecule has 0 amide bonds. The van der Waals surface area contributed by atoms with E-state index in [0.29, 0.717) is 5.95 Å².